The molecule has 1 saturated heterocycles. The zero-order valence-corrected chi connectivity index (χ0v) is 23.9. The summed E-state index contributed by atoms with van der Waals surface area (Å²) in [7, 11) is 0. The summed E-state index contributed by atoms with van der Waals surface area (Å²) in [4.78, 5) is 71.9. The van der Waals surface area contributed by atoms with E-state index in [0.717, 1.165) is 25.6 Å². The number of nitrogens with two attached hydrogens (primary N) is 1. The van der Waals surface area contributed by atoms with E-state index in [9.17, 15) is 33.9 Å². The molecule has 0 spiro atoms. The number of hydrogen-bond acceptors (Lipinski definition) is 12. The van der Waals surface area contributed by atoms with Crippen molar-refractivity contribution in [3.05, 3.63) is 35.9 Å². The molecular formula is C26H35N3O11S. The third kappa shape index (κ3) is 11.0. The average Bonchev–Trinajstić information content (AvgIpc) is 2.88. The standard InChI is InChI=1S/C26H35N3O11S/c1-13(30)28-21-23(39-16(4)33)22(38-15(3)32)20(11-37-14(2)31)40-26(21)41-12-18(27)24(34)29-19(25(35)36)10-17-8-6-5-7-9-17/h5-9,18-23,26H,10-12,27H2,1-4H3,(H,28,30)(H,29,34)(H,35,36)/t18-,19-,20+,21+,22-,23+,26+/m0/s1. The Morgan fingerprint density at radius 2 is 1.59 bits per heavy atom. The molecule has 226 valence electrons. The molecule has 2 rings (SSSR count). The zero-order valence-electron chi connectivity index (χ0n) is 23.1. The second-order valence-corrected chi connectivity index (χ2v) is 10.4. The second kappa shape index (κ2) is 15.9. The van der Waals surface area contributed by atoms with Crippen LogP contribution >= 0.6 is 11.8 Å². The Kier molecular flexibility index (Phi) is 13.0. The molecule has 0 saturated carbocycles. The van der Waals surface area contributed by atoms with Crippen LogP contribution in [0.3, 0.4) is 0 Å². The third-order valence-corrected chi connectivity index (χ3v) is 7.03. The van der Waals surface area contributed by atoms with Crippen LogP contribution in [0.2, 0.25) is 0 Å². The van der Waals surface area contributed by atoms with Crippen LogP contribution in [0.1, 0.15) is 33.3 Å². The van der Waals surface area contributed by atoms with E-state index in [1.807, 2.05) is 0 Å². The van der Waals surface area contributed by atoms with E-state index in [1.165, 1.54) is 13.8 Å². The summed E-state index contributed by atoms with van der Waals surface area (Å²) in [6, 6.07) is 5.23. The fourth-order valence-corrected chi connectivity index (χ4v) is 5.24. The van der Waals surface area contributed by atoms with Crippen LogP contribution in [0, 0.1) is 0 Å². The third-order valence-electron chi connectivity index (χ3n) is 5.75. The number of rotatable bonds is 13. The van der Waals surface area contributed by atoms with Crippen LogP contribution in [0.25, 0.3) is 0 Å². The molecule has 1 fully saturated rings. The Bertz CT molecular complexity index is 1100. The summed E-state index contributed by atoms with van der Waals surface area (Å²) in [5.41, 5.74) is 5.76. The predicted molar refractivity (Wildman–Crippen MR) is 144 cm³/mol. The van der Waals surface area contributed by atoms with Gasteiger partial charge in [-0.25, -0.2) is 4.79 Å². The van der Waals surface area contributed by atoms with Gasteiger partial charge in [-0.2, -0.15) is 0 Å². The highest BCUT2D eigenvalue weighted by atomic mass is 32.2. The number of carboxylic acid groups (broad SMARTS) is 1. The van der Waals surface area contributed by atoms with E-state index in [0.29, 0.717) is 5.56 Å². The molecule has 0 aromatic heterocycles. The first-order chi connectivity index (χ1) is 19.3. The summed E-state index contributed by atoms with van der Waals surface area (Å²) in [5.74, 6) is -4.73. The zero-order chi connectivity index (χ0) is 30.7. The molecule has 0 unspecified atom stereocenters. The molecule has 0 bridgehead atoms. The maximum absolute atomic E-state index is 12.8. The van der Waals surface area contributed by atoms with Gasteiger partial charge in [0.05, 0.1) is 6.04 Å². The molecular weight excluding hydrogens is 562 g/mol. The van der Waals surface area contributed by atoms with Gasteiger partial charge in [0, 0.05) is 39.9 Å². The fraction of sp³-hybridized carbons (Fsp3) is 0.538. The Balaban J connectivity index is 2.23. The average molecular weight is 598 g/mol. The van der Waals surface area contributed by atoms with Crippen molar-refractivity contribution in [3.8, 4) is 0 Å². The van der Waals surface area contributed by atoms with Crippen molar-refractivity contribution in [2.75, 3.05) is 12.4 Å². The first-order valence-electron chi connectivity index (χ1n) is 12.6. The number of carbonyl (C=O) groups excluding carboxylic acids is 5. The highest BCUT2D eigenvalue weighted by Gasteiger charge is 2.51. The van der Waals surface area contributed by atoms with Gasteiger partial charge in [-0.1, -0.05) is 30.3 Å². The first kappa shape index (κ1) is 33.5. The van der Waals surface area contributed by atoms with Crippen molar-refractivity contribution in [2.45, 2.75) is 76.0 Å². The van der Waals surface area contributed by atoms with Crippen LogP contribution in [0.5, 0.6) is 0 Å². The highest BCUT2D eigenvalue weighted by Crippen LogP contribution is 2.32. The van der Waals surface area contributed by atoms with Gasteiger partial charge in [0.1, 0.15) is 30.2 Å². The van der Waals surface area contributed by atoms with Gasteiger partial charge in [0.25, 0.3) is 0 Å². The molecule has 41 heavy (non-hydrogen) atoms. The number of nitrogens with one attached hydrogen (secondary N) is 2. The number of esters is 3. The molecule has 7 atom stereocenters. The first-order valence-corrected chi connectivity index (χ1v) is 13.7. The molecule has 15 heteroatoms. The van der Waals surface area contributed by atoms with Gasteiger partial charge in [0.2, 0.25) is 11.8 Å². The van der Waals surface area contributed by atoms with Crippen LogP contribution in [0.4, 0.5) is 0 Å². The molecule has 14 nitrogen and oxygen atoms in total. The SMILES string of the molecule is CC(=O)N[C@@H]1[C@@H](OC(C)=O)[C@@H](OC(C)=O)[C@@H](COC(C)=O)O[C@@H]1SC[C@H](N)C(=O)N[C@@H](Cc1ccccc1)C(=O)O. The van der Waals surface area contributed by atoms with Crippen molar-refractivity contribution in [1.82, 2.24) is 10.6 Å². The summed E-state index contributed by atoms with van der Waals surface area (Å²) in [6.07, 6.45) is -3.57. The number of benzene rings is 1. The number of amides is 2. The molecule has 1 aliphatic heterocycles. The maximum atomic E-state index is 12.8. The van der Waals surface area contributed by atoms with E-state index in [4.69, 9.17) is 24.7 Å². The normalized spacial score (nSPS) is 23.3. The largest absolute Gasteiger partial charge is 0.480 e. The van der Waals surface area contributed by atoms with Crippen LogP contribution in [-0.4, -0.2) is 95.0 Å². The Hall–Kier alpha value is -3.69. The Morgan fingerprint density at radius 3 is 2.12 bits per heavy atom. The maximum Gasteiger partial charge on any atom is 0.326 e. The van der Waals surface area contributed by atoms with Gasteiger partial charge in [0.15, 0.2) is 12.2 Å². The van der Waals surface area contributed by atoms with E-state index < -0.39 is 77.6 Å². The smallest absolute Gasteiger partial charge is 0.326 e. The fourth-order valence-electron chi connectivity index (χ4n) is 4.04. The lowest BCUT2D eigenvalue weighted by molar-refractivity contribution is -0.211. The number of aliphatic carboxylic acids is 1. The van der Waals surface area contributed by atoms with Crippen molar-refractivity contribution >= 4 is 47.5 Å². The molecule has 0 aliphatic carbocycles. The van der Waals surface area contributed by atoms with Crippen molar-refractivity contribution < 1.29 is 52.8 Å². The minimum atomic E-state index is -1.25. The Labute approximate surface area is 241 Å². The van der Waals surface area contributed by atoms with Crippen LogP contribution < -0.4 is 16.4 Å². The van der Waals surface area contributed by atoms with Crippen molar-refractivity contribution in [3.63, 3.8) is 0 Å². The predicted octanol–water partition coefficient (Wildman–Crippen LogP) is -0.485. The van der Waals surface area contributed by atoms with Gasteiger partial charge in [-0.3, -0.25) is 24.0 Å². The minimum absolute atomic E-state index is 0.0392. The lowest BCUT2D eigenvalue weighted by Gasteiger charge is -2.45. The van der Waals surface area contributed by atoms with E-state index in [-0.39, 0.29) is 18.8 Å². The number of thioether (sulfide) groups is 1. The lowest BCUT2D eigenvalue weighted by Crippen LogP contribution is -2.65. The van der Waals surface area contributed by atoms with Gasteiger partial charge in [-0.15, -0.1) is 11.8 Å². The summed E-state index contributed by atoms with van der Waals surface area (Å²) in [6.45, 7) is 4.27. The van der Waals surface area contributed by atoms with Crippen LogP contribution in [-0.2, 0) is 54.1 Å². The molecule has 1 heterocycles. The monoisotopic (exact) mass is 597 g/mol. The van der Waals surface area contributed by atoms with Crippen LogP contribution in [0.15, 0.2) is 30.3 Å². The number of hydrogen-bond donors (Lipinski definition) is 4. The number of ether oxygens (including phenoxy) is 4. The van der Waals surface area contributed by atoms with Gasteiger partial charge < -0.3 is 40.4 Å². The topological polar surface area (TPSA) is 210 Å². The van der Waals surface area contributed by atoms with E-state index in [1.54, 1.807) is 30.3 Å². The summed E-state index contributed by atoms with van der Waals surface area (Å²) < 4.78 is 21.9. The summed E-state index contributed by atoms with van der Waals surface area (Å²) in [5, 5.41) is 14.6. The quantitative estimate of drug-likeness (QED) is 0.167. The number of carbonyl (C=O) groups is 6. The molecule has 2 amide bonds. The Morgan fingerprint density at radius 1 is 0.976 bits per heavy atom. The summed E-state index contributed by atoms with van der Waals surface area (Å²) >= 11 is 0.971. The van der Waals surface area contributed by atoms with E-state index in [2.05, 4.69) is 10.6 Å². The van der Waals surface area contributed by atoms with Crippen molar-refractivity contribution in [2.24, 2.45) is 5.73 Å². The highest BCUT2D eigenvalue weighted by molar-refractivity contribution is 7.99. The van der Waals surface area contributed by atoms with Gasteiger partial charge in [-0.05, 0) is 5.56 Å². The molecule has 1 aliphatic rings. The number of carboxylic acids is 1. The molecule has 0 radical (unpaired) electrons. The van der Waals surface area contributed by atoms with Crippen molar-refractivity contribution in [1.29, 1.82) is 0 Å². The minimum Gasteiger partial charge on any atom is -0.480 e. The van der Waals surface area contributed by atoms with E-state index >= 15 is 0 Å². The lowest BCUT2D eigenvalue weighted by atomic mass is 9.97. The molecule has 1 aromatic carbocycles. The second-order valence-electron chi connectivity index (χ2n) is 9.25. The van der Waals surface area contributed by atoms with Gasteiger partial charge >= 0.3 is 23.9 Å². The molecule has 5 N–H and O–H groups in total. The molecule has 1 aromatic rings.